The number of hydrogen-bond donors (Lipinski definition) is 1. The molecule has 0 spiro atoms. The van der Waals surface area contributed by atoms with Gasteiger partial charge in [-0.2, -0.15) is 13.2 Å². The van der Waals surface area contributed by atoms with Gasteiger partial charge in [0.05, 0.1) is 5.56 Å². The van der Waals surface area contributed by atoms with Gasteiger partial charge in [0.2, 0.25) is 0 Å². The average molecular weight is 310 g/mol. The summed E-state index contributed by atoms with van der Waals surface area (Å²) in [4.78, 5) is 11.8. The Bertz CT molecular complexity index is 526. The lowest BCUT2D eigenvalue weighted by Gasteiger charge is -2.13. The highest BCUT2D eigenvalue weighted by molar-refractivity contribution is 6.18. The zero-order chi connectivity index (χ0) is 15.0. The van der Waals surface area contributed by atoms with E-state index in [0.29, 0.717) is 24.6 Å². The molecule has 0 radical (unpaired) electrons. The molecule has 0 aliphatic heterocycles. The second-order valence-electron chi connectivity index (χ2n) is 5.01. The number of hydrogen-bond acceptors (Lipinski definition) is 1. The summed E-state index contributed by atoms with van der Waals surface area (Å²) in [7, 11) is 0. The van der Waals surface area contributed by atoms with Gasteiger partial charge in [0.25, 0.3) is 5.91 Å². The van der Waals surface area contributed by atoms with Gasteiger partial charge in [0, 0.05) is 23.4 Å². The molecule has 20 heavy (non-hydrogen) atoms. The molecule has 1 aliphatic rings. The van der Waals surface area contributed by atoms with Crippen molar-refractivity contribution in [3.8, 4) is 0 Å². The minimum absolute atomic E-state index is 0.135. The summed E-state index contributed by atoms with van der Waals surface area (Å²) in [5, 5.41) is 2.54. The van der Waals surface area contributed by atoms with Crippen molar-refractivity contribution in [2.45, 2.75) is 19.0 Å². The predicted molar refractivity (Wildman–Crippen MR) is 66.1 cm³/mol. The summed E-state index contributed by atoms with van der Waals surface area (Å²) in [6.07, 6.45) is -3.06. The number of amides is 1. The molecule has 0 saturated heterocycles. The summed E-state index contributed by atoms with van der Waals surface area (Å²) >= 11 is 5.74. The Morgan fingerprint density at radius 3 is 2.50 bits per heavy atom. The van der Waals surface area contributed by atoms with Crippen molar-refractivity contribution >= 4 is 17.5 Å². The van der Waals surface area contributed by atoms with E-state index in [1.54, 1.807) is 0 Å². The Balaban J connectivity index is 2.10. The van der Waals surface area contributed by atoms with Crippen molar-refractivity contribution in [3.05, 3.63) is 35.1 Å². The molecule has 1 aromatic rings. The molecule has 1 saturated carbocycles. The molecule has 1 aliphatic carbocycles. The quantitative estimate of drug-likeness (QED) is 0.668. The highest BCUT2D eigenvalue weighted by atomic mass is 35.5. The average Bonchev–Trinajstić information content (AvgIpc) is 3.16. The summed E-state index contributed by atoms with van der Waals surface area (Å²) in [6.45, 7) is 0.314. The van der Waals surface area contributed by atoms with E-state index in [4.69, 9.17) is 11.6 Å². The number of halogens is 5. The molecule has 7 heteroatoms. The lowest BCUT2D eigenvalue weighted by Crippen LogP contribution is -2.31. The maximum Gasteiger partial charge on any atom is 0.419 e. The molecule has 0 heterocycles. The van der Waals surface area contributed by atoms with E-state index in [1.807, 2.05) is 0 Å². The molecule has 1 fully saturated rings. The molecule has 1 N–H and O–H groups in total. The zero-order valence-corrected chi connectivity index (χ0v) is 11.1. The Labute approximate surface area is 118 Å². The van der Waals surface area contributed by atoms with Crippen LogP contribution in [0.15, 0.2) is 18.2 Å². The van der Waals surface area contributed by atoms with Crippen LogP contribution in [0.5, 0.6) is 0 Å². The van der Waals surface area contributed by atoms with Gasteiger partial charge in [-0.25, -0.2) is 4.39 Å². The Kier molecular flexibility index (Phi) is 3.95. The van der Waals surface area contributed by atoms with Crippen LogP contribution in [0.25, 0.3) is 0 Å². The SMILES string of the molecule is O=C(NCC1(CCl)CC1)c1ccc(F)c(C(F)(F)F)c1. The first-order valence-corrected chi connectivity index (χ1v) is 6.52. The van der Waals surface area contributed by atoms with Crippen LogP contribution in [0, 0.1) is 11.2 Å². The van der Waals surface area contributed by atoms with Crippen LogP contribution < -0.4 is 5.32 Å². The van der Waals surface area contributed by atoms with Crippen LogP contribution >= 0.6 is 11.6 Å². The fourth-order valence-corrected chi connectivity index (χ4v) is 2.15. The van der Waals surface area contributed by atoms with Gasteiger partial charge in [-0.3, -0.25) is 4.79 Å². The van der Waals surface area contributed by atoms with E-state index in [2.05, 4.69) is 5.32 Å². The molecule has 2 nitrogen and oxygen atoms in total. The third kappa shape index (κ3) is 3.23. The number of carbonyl (C=O) groups excluding carboxylic acids is 1. The van der Waals surface area contributed by atoms with Crippen molar-refractivity contribution in [3.63, 3.8) is 0 Å². The molecule has 0 unspecified atom stereocenters. The van der Waals surface area contributed by atoms with Crippen molar-refractivity contribution in [2.24, 2.45) is 5.41 Å². The smallest absolute Gasteiger partial charge is 0.351 e. The molecule has 2 rings (SSSR count). The molecule has 1 aromatic carbocycles. The maximum atomic E-state index is 13.1. The summed E-state index contributed by atoms with van der Waals surface area (Å²) in [6, 6.07) is 2.19. The molecular formula is C13H12ClF4NO. The minimum atomic E-state index is -4.83. The second-order valence-corrected chi connectivity index (χ2v) is 5.28. The molecule has 1 amide bonds. The highest BCUT2D eigenvalue weighted by Gasteiger charge is 2.42. The minimum Gasteiger partial charge on any atom is -0.351 e. The number of benzene rings is 1. The van der Waals surface area contributed by atoms with E-state index < -0.39 is 23.5 Å². The third-order valence-electron chi connectivity index (χ3n) is 3.40. The molecule has 0 atom stereocenters. The number of carbonyl (C=O) groups is 1. The lowest BCUT2D eigenvalue weighted by atomic mass is 10.1. The van der Waals surface area contributed by atoms with E-state index in [1.165, 1.54) is 0 Å². The first-order chi connectivity index (χ1) is 9.27. The van der Waals surface area contributed by atoms with Gasteiger partial charge in [-0.1, -0.05) is 0 Å². The maximum absolute atomic E-state index is 13.1. The molecule has 0 aromatic heterocycles. The summed E-state index contributed by atoms with van der Waals surface area (Å²) in [5.41, 5.74) is -1.79. The number of rotatable bonds is 4. The van der Waals surface area contributed by atoms with E-state index in [-0.39, 0.29) is 11.0 Å². The third-order valence-corrected chi connectivity index (χ3v) is 3.97. The Morgan fingerprint density at radius 2 is 2.00 bits per heavy atom. The van der Waals surface area contributed by atoms with Crippen LogP contribution in [-0.2, 0) is 6.18 Å². The predicted octanol–water partition coefficient (Wildman–Crippen LogP) is 3.59. The molecule has 0 bridgehead atoms. The summed E-state index contributed by atoms with van der Waals surface area (Å²) < 4.78 is 50.7. The van der Waals surface area contributed by atoms with E-state index in [0.717, 1.165) is 18.9 Å². The second kappa shape index (κ2) is 5.24. The van der Waals surface area contributed by atoms with Crippen LogP contribution in [0.1, 0.15) is 28.8 Å². The topological polar surface area (TPSA) is 29.1 Å². The summed E-state index contributed by atoms with van der Waals surface area (Å²) in [5.74, 6) is -1.66. The Morgan fingerprint density at radius 1 is 1.35 bits per heavy atom. The molecular weight excluding hydrogens is 298 g/mol. The van der Waals surface area contributed by atoms with Gasteiger partial charge >= 0.3 is 6.18 Å². The van der Waals surface area contributed by atoms with E-state index >= 15 is 0 Å². The van der Waals surface area contributed by atoms with Crippen molar-refractivity contribution in [1.29, 1.82) is 0 Å². The van der Waals surface area contributed by atoms with Crippen LogP contribution in [0.4, 0.5) is 17.6 Å². The molecule has 110 valence electrons. The van der Waals surface area contributed by atoms with Gasteiger partial charge in [-0.15, -0.1) is 11.6 Å². The van der Waals surface area contributed by atoms with Gasteiger partial charge in [-0.05, 0) is 31.0 Å². The van der Waals surface area contributed by atoms with Crippen molar-refractivity contribution in [1.82, 2.24) is 5.32 Å². The van der Waals surface area contributed by atoms with Crippen LogP contribution in [-0.4, -0.2) is 18.3 Å². The van der Waals surface area contributed by atoms with Gasteiger partial charge in [0.1, 0.15) is 5.82 Å². The lowest BCUT2D eigenvalue weighted by molar-refractivity contribution is -0.140. The van der Waals surface area contributed by atoms with Gasteiger partial charge in [0.15, 0.2) is 0 Å². The number of nitrogens with one attached hydrogen (secondary N) is 1. The largest absolute Gasteiger partial charge is 0.419 e. The van der Waals surface area contributed by atoms with Crippen LogP contribution in [0.2, 0.25) is 0 Å². The number of alkyl halides is 4. The Hall–Kier alpha value is -1.30. The first kappa shape index (κ1) is 15.1. The van der Waals surface area contributed by atoms with E-state index in [9.17, 15) is 22.4 Å². The zero-order valence-electron chi connectivity index (χ0n) is 10.4. The van der Waals surface area contributed by atoms with Crippen molar-refractivity contribution in [2.75, 3.05) is 12.4 Å². The van der Waals surface area contributed by atoms with Crippen molar-refractivity contribution < 1.29 is 22.4 Å². The first-order valence-electron chi connectivity index (χ1n) is 5.98. The fraction of sp³-hybridized carbons (Fsp3) is 0.462. The van der Waals surface area contributed by atoms with Gasteiger partial charge < -0.3 is 5.32 Å². The normalized spacial score (nSPS) is 16.9. The monoisotopic (exact) mass is 309 g/mol. The van der Waals surface area contributed by atoms with Crippen LogP contribution in [0.3, 0.4) is 0 Å². The highest BCUT2D eigenvalue weighted by Crippen LogP contribution is 2.45. The fourth-order valence-electron chi connectivity index (χ4n) is 1.79. The standard InChI is InChI=1S/C13H12ClF4NO/c14-6-12(3-4-12)7-19-11(20)8-1-2-10(15)9(5-8)13(16,17)18/h1-2,5H,3-4,6-7H2,(H,19,20).